The van der Waals surface area contributed by atoms with Gasteiger partial charge in [0.15, 0.2) is 0 Å². The lowest BCUT2D eigenvalue weighted by Crippen LogP contribution is -2.28. The summed E-state index contributed by atoms with van der Waals surface area (Å²) in [6.07, 6.45) is 1.42. The summed E-state index contributed by atoms with van der Waals surface area (Å²) in [5, 5.41) is 3.29. The standard InChI is InChI=1S/C15H21F3N2/c1-10(2)11-3-5-12(6-4-11)20-13-7-8-14(19-9-13)15(16,17)18/h7-12,20H,3-6H2,1-2H3. The van der Waals surface area contributed by atoms with E-state index in [-0.39, 0.29) is 0 Å². The molecule has 0 aromatic carbocycles. The van der Waals surface area contributed by atoms with Crippen molar-refractivity contribution in [1.29, 1.82) is 0 Å². The Labute approximate surface area is 117 Å². The number of rotatable bonds is 3. The molecular weight excluding hydrogens is 265 g/mol. The van der Waals surface area contributed by atoms with Crippen molar-refractivity contribution in [2.75, 3.05) is 5.32 Å². The quantitative estimate of drug-likeness (QED) is 0.869. The highest BCUT2D eigenvalue weighted by atomic mass is 19.4. The van der Waals surface area contributed by atoms with Gasteiger partial charge in [-0.25, -0.2) is 4.98 Å². The van der Waals surface area contributed by atoms with Gasteiger partial charge < -0.3 is 5.32 Å². The molecule has 0 saturated heterocycles. The van der Waals surface area contributed by atoms with Crippen LogP contribution in [0.2, 0.25) is 0 Å². The van der Waals surface area contributed by atoms with Gasteiger partial charge in [0, 0.05) is 6.04 Å². The molecule has 0 bridgehead atoms. The van der Waals surface area contributed by atoms with E-state index in [4.69, 9.17) is 0 Å². The number of nitrogens with one attached hydrogen (secondary N) is 1. The summed E-state index contributed by atoms with van der Waals surface area (Å²) in [5.41, 5.74) is -0.169. The molecule has 1 aromatic heterocycles. The fraction of sp³-hybridized carbons (Fsp3) is 0.667. The van der Waals surface area contributed by atoms with Crippen LogP contribution in [-0.4, -0.2) is 11.0 Å². The van der Waals surface area contributed by atoms with E-state index >= 15 is 0 Å². The van der Waals surface area contributed by atoms with Crippen molar-refractivity contribution in [2.45, 2.75) is 51.7 Å². The van der Waals surface area contributed by atoms with Crippen LogP contribution < -0.4 is 5.32 Å². The van der Waals surface area contributed by atoms with Crippen LogP contribution in [0.5, 0.6) is 0 Å². The Morgan fingerprint density at radius 3 is 2.25 bits per heavy atom. The van der Waals surface area contributed by atoms with Crippen LogP contribution in [0, 0.1) is 11.8 Å². The van der Waals surface area contributed by atoms with Crippen LogP contribution in [0.1, 0.15) is 45.2 Å². The van der Waals surface area contributed by atoms with Gasteiger partial charge in [0.25, 0.3) is 0 Å². The second-order valence-corrected chi connectivity index (χ2v) is 5.93. The van der Waals surface area contributed by atoms with Crippen molar-refractivity contribution < 1.29 is 13.2 Å². The molecule has 20 heavy (non-hydrogen) atoms. The van der Waals surface area contributed by atoms with Crippen LogP contribution in [0.15, 0.2) is 18.3 Å². The Morgan fingerprint density at radius 1 is 1.15 bits per heavy atom. The number of anilines is 1. The number of hydrogen-bond donors (Lipinski definition) is 1. The molecule has 0 radical (unpaired) electrons. The first kappa shape index (κ1) is 15.1. The summed E-state index contributed by atoms with van der Waals surface area (Å²) >= 11 is 0. The van der Waals surface area contributed by atoms with E-state index in [1.165, 1.54) is 25.1 Å². The van der Waals surface area contributed by atoms with Crippen LogP contribution in [0.3, 0.4) is 0 Å². The summed E-state index contributed by atoms with van der Waals surface area (Å²) in [6, 6.07) is 2.84. The second kappa shape index (κ2) is 6.02. The summed E-state index contributed by atoms with van der Waals surface area (Å²) in [4.78, 5) is 3.47. The smallest absolute Gasteiger partial charge is 0.381 e. The maximum Gasteiger partial charge on any atom is 0.433 e. The first-order chi connectivity index (χ1) is 9.36. The predicted octanol–water partition coefficient (Wildman–Crippen LogP) is 4.73. The van der Waals surface area contributed by atoms with Crippen molar-refractivity contribution in [3.8, 4) is 0 Å². The zero-order valence-corrected chi connectivity index (χ0v) is 11.9. The number of halogens is 3. The molecule has 0 spiro atoms. The first-order valence-corrected chi connectivity index (χ1v) is 7.16. The highest BCUT2D eigenvalue weighted by molar-refractivity contribution is 5.42. The third-order valence-electron chi connectivity index (χ3n) is 4.14. The topological polar surface area (TPSA) is 24.9 Å². The van der Waals surface area contributed by atoms with E-state index in [9.17, 15) is 13.2 Å². The zero-order chi connectivity index (χ0) is 14.8. The molecule has 5 heteroatoms. The van der Waals surface area contributed by atoms with Crippen molar-refractivity contribution in [3.63, 3.8) is 0 Å². The molecule has 1 aromatic rings. The summed E-state index contributed by atoms with van der Waals surface area (Å²) in [6.45, 7) is 4.50. The van der Waals surface area contributed by atoms with Crippen molar-refractivity contribution in [3.05, 3.63) is 24.0 Å². The molecule has 1 aliphatic rings. The third-order valence-corrected chi connectivity index (χ3v) is 4.14. The van der Waals surface area contributed by atoms with Crippen LogP contribution >= 0.6 is 0 Å². The second-order valence-electron chi connectivity index (χ2n) is 5.93. The van der Waals surface area contributed by atoms with Crippen molar-refractivity contribution in [1.82, 2.24) is 4.98 Å². The van der Waals surface area contributed by atoms with E-state index < -0.39 is 11.9 Å². The number of hydrogen-bond acceptors (Lipinski definition) is 2. The Bertz CT molecular complexity index is 418. The highest BCUT2D eigenvalue weighted by Crippen LogP contribution is 2.32. The molecular formula is C15H21F3N2. The lowest BCUT2D eigenvalue weighted by atomic mass is 9.79. The van der Waals surface area contributed by atoms with Crippen LogP contribution in [0.25, 0.3) is 0 Å². The van der Waals surface area contributed by atoms with Crippen molar-refractivity contribution in [2.24, 2.45) is 11.8 Å². The first-order valence-electron chi connectivity index (χ1n) is 7.16. The molecule has 0 unspecified atom stereocenters. The average molecular weight is 286 g/mol. The van der Waals surface area contributed by atoms with Gasteiger partial charge in [0.05, 0.1) is 11.9 Å². The zero-order valence-electron chi connectivity index (χ0n) is 11.9. The number of pyridine rings is 1. The maximum absolute atomic E-state index is 12.4. The van der Waals surface area contributed by atoms with Gasteiger partial charge in [-0.3, -0.25) is 0 Å². The fourth-order valence-corrected chi connectivity index (χ4v) is 2.81. The van der Waals surface area contributed by atoms with Crippen LogP contribution in [-0.2, 0) is 6.18 Å². The molecule has 0 atom stereocenters. The Kier molecular flexibility index (Phi) is 4.55. The molecule has 112 valence electrons. The minimum atomic E-state index is -4.37. The van der Waals surface area contributed by atoms with Gasteiger partial charge in [-0.05, 0) is 49.7 Å². The molecule has 2 rings (SSSR count). The predicted molar refractivity (Wildman–Crippen MR) is 73.4 cm³/mol. The molecule has 1 aliphatic carbocycles. The molecule has 1 fully saturated rings. The van der Waals surface area contributed by atoms with E-state index in [0.717, 1.165) is 24.8 Å². The molecule has 1 saturated carbocycles. The monoisotopic (exact) mass is 286 g/mol. The van der Waals surface area contributed by atoms with E-state index in [1.54, 1.807) is 0 Å². The van der Waals surface area contributed by atoms with Gasteiger partial charge in [-0.15, -0.1) is 0 Å². The molecule has 0 aliphatic heterocycles. The summed E-state index contributed by atoms with van der Waals surface area (Å²) in [5.74, 6) is 1.49. The summed E-state index contributed by atoms with van der Waals surface area (Å²) in [7, 11) is 0. The molecule has 0 amide bonds. The lowest BCUT2D eigenvalue weighted by Gasteiger charge is -2.31. The average Bonchev–Trinajstić information content (AvgIpc) is 2.39. The van der Waals surface area contributed by atoms with Gasteiger partial charge in [0.2, 0.25) is 0 Å². The normalized spacial score (nSPS) is 23.9. The van der Waals surface area contributed by atoms with Crippen molar-refractivity contribution >= 4 is 5.69 Å². The minimum Gasteiger partial charge on any atom is -0.381 e. The number of nitrogens with zero attached hydrogens (tertiary/aromatic N) is 1. The van der Waals surface area contributed by atoms with E-state index in [0.29, 0.717) is 17.6 Å². The van der Waals surface area contributed by atoms with Gasteiger partial charge in [-0.2, -0.15) is 13.2 Å². The number of aromatic nitrogens is 1. The molecule has 1 heterocycles. The van der Waals surface area contributed by atoms with Crippen LogP contribution in [0.4, 0.5) is 18.9 Å². The molecule has 1 N–H and O–H groups in total. The Morgan fingerprint density at radius 2 is 1.80 bits per heavy atom. The Balaban J connectivity index is 1.89. The SMILES string of the molecule is CC(C)C1CCC(Nc2ccc(C(F)(F)F)nc2)CC1. The summed E-state index contributed by atoms with van der Waals surface area (Å²) < 4.78 is 37.2. The fourth-order valence-electron chi connectivity index (χ4n) is 2.81. The van der Waals surface area contributed by atoms with Gasteiger partial charge >= 0.3 is 6.18 Å². The van der Waals surface area contributed by atoms with Gasteiger partial charge in [0.1, 0.15) is 5.69 Å². The lowest BCUT2D eigenvalue weighted by molar-refractivity contribution is -0.141. The highest BCUT2D eigenvalue weighted by Gasteiger charge is 2.32. The van der Waals surface area contributed by atoms with Gasteiger partial charge in [-0.1, -0.05) is 13.8 Å². The third kappa shape index (κ3) is 3.87. The minimum absolute atomic E-state index is 0.350. The molecule has 2 nitrogen and oxygen atoms in total. The van der Waals surface area contributed by atoms with E-state index in [1.807, 2.05) is 0 Å². The Hall–Kier alpha value is -1.26. The van der Waals surface area contributed by atoms with E-state index in [2.05, 4.69) is 24.1 Å². The number of alkyl halides is 3. The maximum atomic E-state index is 12.4. The largest absolute Gasteiger partial charge is 0.433 e.